The largest absolute Gasteiger partial charge is 0.490 e. The number of fused-ring (bicyclic) bond motifs is 1. The third-order valence-corrected chi connectivity index (χ3v) is 5.45. The van der Waals surface area contributed by atoms with Crippen LogP contribution in [-0.4, -0.2) is 39.8 Å². The minimum atomic E-state index is -4.26. The fourth-order valence-electron chi connectivity index (χ4n) is 3.85. The van der Waals surface area contributed by atoms with Crippen LogP contribution >= 0.6 is 0 Å². The third kappa shape index (κ3) is 4.80. The quantitative estimate of drug-likeness (QED) is 0.538. The van der Waals surface area contributed by atoms with E-state index in [1.165, 1.54) is 10.8 Å². The molecule has 0 aliphatic carbocycles. The van der Waals surface area contributed by atoms with Gasteiger partial charge in [0.25, 0.3) is 0 Å². The second-order valence-electron chi connectivity index (χ2n) is 8.15. The van der Waals surface area contributed by atoms with Crippen molar-refractivity contribution >= 4 is 10.9 Å². The normalized spacial score (nSPS) is 16.6. The van der Waals surface area contributed by atoms with Crippen molar-refractivity contribution in [2.45, 2.75) is 58.0 Å². The van der Waals surface area contributed by atoms with Crippen LogP contribution in [0.4, 0.5) is 13.2 Å². The van der Waals surface area contributed by atoms with E-state index in [1.807, 2.05) is 6.07 Å². The van der Waals surface area contributed by atoms with Crippen LogP contribution in [0, 0.1) is 0 Å². The van der Waals surface area contributed by atoms with Gasteiger partial charge in [-0.1, -0.05) is 19.9 Å². The number of aromatic nitrogens is 2. The van der Waals surface area contributed by atoms with Crippen molar-refractivity contribution in [3.63, 3.8) is 0 Å². The summed E-state index contributed by atoms with van der Waals surface area (Å²) >= 11 is 0. The van der Waals surface area contributed by atoms with E-state index in [0.717, 1.165) is 37.6 Å². The van der Waals surface area contributed by atoms with Gasteiger partial charge in [-0.2, -0.15) is 13.2 Å². The van der Waals surface area contributed by atoms with E-state index >= 15 is 0 Å². The Hall–Kier alpha value is -2.48. The summed E-state index contributed by atoms with van der Waals surface area (Å²) in [5.74, 6) is 2.59. The number of hydrogen-bond acceptors (Lipinski definition) is 4. The first-order valence-corrected chi connectivity index (χ1v) is 10.3. The van der Waals surface area contributed by atoms with Gasteiger partial charge >= 0.3 is 6.18 Å². The number of likely N-dealkylation sites (tertiary alicyclic amines) is 1. The molecule has 1 aromatic carbocycles. The van der Waals surface area contributed by atoms with Gasteiger partial charge in [0.05, 0.1) is 18.3 Å². The van der Waals surface area contributed by atoms with E-state index in [9.17, 15) is 13.2 Å². The van der Waals surface area contributed by atoms with Gasteiger partial charge in [0.2, 0.25) is 5.89 Å². The van der Waals surface area contributed by atoms with Gasteiger partial charge in [0.15, 0.2) is 0 Å². The lowest BCUT2D eigenvalue weighted by Gasteiger charge is -2.31. The van der Waals surface area contributed by atoms with Crippen LogP contribution in [-0.2, 0) is 13.1 Å². The summed E-state index contributed by atoms with van der Waals surface area (Å²) in [6, 6.07) is 6.96. The highest BCUT2D eigenvalue weighted by Gasteiger charge is 2.29. The van der Waals surface area contributed by atoms with Crippen molar-refractivity contribution < 1.29 is 22.3 Å². The van der Waals surface area contributed by atoms with Crippen molar-refractivity contribution in [1.82, 2.24) is 14.5 Å². The molecular weight excluding hydrogens is 395 g/mol. The molecule has 1 fully saturated rings. The summed E-state index contributed by atoms with van der Waals surface area (Å²) in [7, 11) is 0. The Morgan fingerprint density at radius 1 is 1.20 bits per heavy atom. The standard InChI is InChI=1S/C22H26F3N3O2/c1-15(2)20-12-26-21(30-20)13-27-9-6-16(7-10-27)29-19-5-3-4-18-17(19)8-11-28(18)14-22(23,24)25/h3-5,8,11-12,15-16H,6-7,9-10,13-14H2,1-2H3. The maximum atomic E-state index is 12.8. The summed E-state index contributed by atoms with van der Waals surface area (Å²) in [5, 5.41) is 0.713. The molecule has 4 rings (SSSR count). The maximum absolute atomic E-state index is 12.8. The number of piperidine rings is 1. The minimum absolute atomic E-state index is 0.0357. The highest BCUT2D eigenvalue weighted by Crippen LogP contribution is 2.31. The first-order valence-electron chi connectivity index (χ1n) is 10.3. The highest BCUT2D eigenvalue weighted by molar-refractivity contribution is 5.86. The Balaban J connectivity index is 1.36. The fraction of sp³-hybridized carbons (Fsp3) is 0.500. The molecule has 1 aliphatic heterocycles. The van der Waals surface area contributed by atoms with E-state index in [1.54, 1.807) is 24.4 Å². The van der Waals surface area contributed by atoms with E-state index in [4.69, 9.17) is 9.15 Å². The van der Waals surface area contributed by atoms with Crippen molar-refractivity contribution in [2.24, 2.45) is 0 Å². The monoisotopic (exact) mass is 421 g/mol. The Bertz CT molecular complexity index is 985. The first-order chi connectivity index (χ1) is 14.3. The van der Waals surface area contributed by atoms with Gasteiger partial charge in [-0.3, -0.25) is 4.90 Å². The molecule has 1 aliphatic rings. The summed E-state index contributed by atoms with van der Waals surface area (Å²) in [6.45, 7) is 5.53. The lowest BCUT2D eigenvalue weighted by molar-refractivity contribution is -0.139. The maximum Gasteiger partial charge on any atom is 0.406 e. The molecule has 0 atom stereocenters. The van der Waals surface area contributed by atoms with Gasteiger partial charge in [-0.15, -0.1) is 0 Å². The third-order valence-electron chi connectivity index (χ3n) is 5.45. The zero-order valence-electron chi connectivity index (χ0n) is 17.2. The van der Waals surface area contributed by atoms with Crippen molar-refractivity contribution in [3.8, 4) is 5.75 Å². The van der Waals surface area contributed by atoms with Gasteiger partial charge in [-0.25, -0.2) is 4.98 Å². The Labute approximate surface area is 173 Å². The molecule has 0 amide bonds. The minimum Gasteiger partial charge on any atom is -0.490 e. The lowest BCUT2D eigenvalue weighted by Crippen LogP contribution is -2.37. The number of hydrogen-bond donors (Lipinski definition) is 0. The molecule has 5 nitrogen and oxygen atoms in total. The summed E-state index contributed by atoms with van der Waals surface area (Å²) in [6.07, 6.45) is 0.730. The smallest absolute Gasteiger partial charge is 0.406 e. The number of benzene rings is 1. The van der Waals surface area contributed by atoms with Crippen LogP contribution in [0.2, 0.25) is 0 Å². The molecule has 0 radical (unpaired) electrons. The average Bonchev–Trinajstić information content (AvgIpc) is 3.30. The SMILES string of the molecule is CC(C)c1cnc(CN2CCC(Oc3cccc4c3ccn4CC(F)(F)F)CC2)o1. The zero-order valence-corrected chi connectivity index (χ0v) is 17.2. The number of nitrogens with zero attached hydrogens (tertiary/aromatic N) is 3. The molecule has 0 N–H and O–H groups in total. The molecule has 30 heavy (non-hydrogen) atoms. The van der Waals surface area contributed by atoms with Crippen molar-refractivity contribution in [2.75, 3.05) is 13.1 Å². The molecule has 0 bridgehead atoms. The van der Waals surface area contributed by atoms with Crippen LogP contribution in [0.3, 0.4) is 0 Å². The number of rotatable bonds is 6. The number of oxazole rings is 1. The molecule has 2 aromatic heterocycles. The van der Waals surface area contributed by atoms with Crippen LogP contribution in [0.5, 0.6) is 5.75 Å². The number of ether oxygens (including phenoxy) is 1. The van der Waals surface area contributed by atoms with Gasteiger partial charge in [0, 0.05) is 30.6 Å². The second-order valence-corrected chi connectivity index (χ2v) is 8.15. The van der Waals surface area contributed by atoms with Crippen LogP contribution in [0.25, 0.3) is 10.9 Å². The average molecular weight is 421 g/mol. The molecule has 8 heteroatoms. The van der Waals surface area contributed by atoms with Crippen molar-refractivity contribution in [1.29, 1.82) is 0 Å². The second kappa shape index (κ2) is 8.34. The summed E-state index contributed by atoms with van der Waals surface area (Å²) < 4.78 is 51.5. The number of halogens is 3. The summed E-state index contributed by atoms with van der Waals surface area (Å²) in [4.78, 5) is 6.65. The zero-order chi connectivity index (χ0) is 21.3. The Morgan fingerprint density at radius 3 is 2.63 bits per heavy atom. The van der Waals surface area contributed by atoms with Gasteiger partial charge < -0.3 is 13.7 Å². The van der Waals surface area contributed by atoms with E-state index in [2.05, 4.69) is 23.7 Å². The molecule has 162 valence electrons. The predicted octanol–water partition coefficient (Wildman–Crippen LogP) is 5.36. The summed E-state index contributed by atoms with van der Waals surface area (Å²) in [5.41, 5.74) is 0.534. The molecule has 3 heterocycles. The fourth-order valence-corrected chi connectivity index (χ4v) is 3.85. The Kier molecular flexibility index (Phi) is 5.77. The van der Waals surface area contributed by atoms with Crippen LogP contribution in [0.1, 0.15) is 44.3 Å². The van der Waals surface area contributed by atoms with E-state index < -0.39 is 12.7 Å². The highest BCUT2D eigenvalue weighted by atomic mass is 19.4. The van der Waals surface area contributed by atoms with Crippen molar-refractivity contribution in [3.05, 3.63) is 48.3 Å². The molecule has 0 saturated carbocycles. The molecule has 0 unspecified atom stereocenters. The number of alkyl halides is 3. The van der Waals surface area contributed by atoms with Gasteiger partial charge in [-0.05, 0) is 31.0 Å². The van der Waals surface area contributed by atoms with Crippen LogP contribution in [0.15, 0.2) is 41.1 Å². The van der Waals surface area contributed by atoms with Gasteiger partial charge in [0.1, 0.15) is 24.2 Å². The molecule has 0 spiro atoms. The van der Waals surface area contributed by atoms with Crippen LogP contribution < -0.4 is 4.74 Å². The molecule has 1 saturated heterocycles. The topological polar surface area (TPSA) is 43.4 Å². The molecular formula is C22H26F3N3O2. The van der Waals surface area contributed by atoms with E-state index in [-0.39, 0.29) is 6.10 Å². The molecule has 3 aromatic rings. The Morgan fingerprint density at radius 2 is 1.97 bits per heavy atom. The van der Waals surface area contributed by atoms with E-state index in [0.29, 0.717) is 29.1 Å². The lowest BCUT2D eigenvalue weighted by atomic mass is 10.1. The predicted molar refractivity (Wildman–Crippen MR) is 108 cm³/mol. The first kappa shape index (κ1) is 20.8.